The van der Waals surface area contributed by atoms with E-state index in [-0.39, 0.29) is 5.92 Å². The zero-order valence-electron chi connectivity index (χ0n) is 17.1. The van der Waals surface area contributed by atoms with E-state index in [4.69, 9.17) is 0 Å². The molecule has 3 nitrogen and oxygen atoms in total. The highest BCUT2D eigenvalue weighted by Gasteiger charge is 2.34. The molecule has 2 fully saturated rings. The Morgan fingerprint density at radius 3 is 2.37 bits per heavy atom. The molecule has 0 spiro atoms. The molecule has 2 saturated carbocycles. The lowest BCUT2D eigenvalue weighted by atomic mass is 9.75. The highest BCUT2D eigenvalue weighted by atomic mass is 16.1. The summed E-state index contributed by atoms with van der Waals surface area (Å²) in [6.07, 6.45) is 10.2. The minimum atomic E-state index is 0.127. The number of hydrogen-bond donors (Lipinski definition) is 0. The van der Waals surface area contributed by atoms with E-state index in [0.717, 1.165) is 36.9 Å². The summed E-state index contributed by atoms with van der Waals surface area (Å²) in [7, 11) is 0. The number of carbonyl (C=O) groups excluding carboxylic acids is 1. The predicted octanol–water partition coefficient (Wildman–Crippen LogP) is 6.52. The second-order valence-corrected chi connectivity index (χ2v) is 9.08. The summed E-state index contributed by atoms with van der Waals surface area (Å²) in [5, 5.41) is 2.68. The zero-order chi connectivity index (χ0) is 20.1. The minimum absolute atomic E-state index is 0.127. The SMILES string of the molecule is O=C(c1c(C2CC2)ccc2cncn12)C1CCC(c2cccc3ccccc23)CC1. The summed E-state index contributed by atoms with van der Waals surface area (Å²) in [6, 6.07) is 19.6. The third kappa shape index (κ3) is 2.96. The van der Waals surface area contributed by atoms with Crippen molar-refractivity contribution in [3.63, 3.8) is 0 Å². The largest absolute Gasteiger partial charge is 0.296 e. The van der Waals surface area contributed by atoms with Crippen LogP contribution < -0.4 is 0 Å². The third-order valence-corrected chi connectivity index (χ3v) is 7.23. The van der Waals surface area contributed by atoms with Gasteiger partial charge in [-0.15, -0.1) is 0 Å². The number of benzene rings is 2. The van der Waals surface area contributed by atoms with Gasteiger partial charge in [-0.25, -0.2) is 4.98 Å². The Morgan fingerprint density at radius 1 is 0.800 bits per heavy atom. The highest BCUT2D eigenvalue weighted by molar-refractivity contribution is 5.99. The lowest BCUT2D eigenvalue weighted by molar-refractivity contribution is 0.0876. The Bertz CT molecular complexity index is 1240. The number of nitrogens with zero attached hydrogens (tertiary/aromatic N) is 2. The number of hydrogen-bond acceptors (Lipinski definition) is 2. The van der Waals surface area contributed by atoms with Crippen molar-refractivity contribution in [3.8, 4) is 0 Å². The first kappa shape index (κ1) is 17.9. The number of aromatic nitrogens is 2. The Morgan fingerprint density at radius 2 is 1.53 bits per heavy atom. The molecule has 0 unspecified atom stereocenters. The van der Waals surface area contributed by atoms with Gasteiger partial charge in [0.05, 0.1) is 23.7 Å². The van der Waals surface area contributed by atoms with Gasteiger partial charge in [-0.05, 0) is 78.3 Å². The number of fused-ring (bicyclic) bond motifs is 2. The van der Waals surface area contributed by atoms with E-state index >= 15 is 0 Å². The van der Waals surface area contributed by atoms with Gasteiger partial charge in [-0.2, -0.15) is 0 Å². The van der Waals surface area contributed by atoms with Crippen molar-refractivity contribution in [1.29, 1.82) is 0 Å². The van der Waals surface area contributed by atoms with Gasteiger partial charge in [0.1, 0.15) is 0 Å². The second-order valence-electron chi connectivity index (χ2n) is 9.08. The Kier molecular flexibility index (Phi) is 4.22. The Hall–Kier alpha value is -2.94. The van der Waals surface area contributed by atoms with E-state index in [0.29, 0.717) is 17.6 Å². The Balaban J connectivity index is 1.27. The maximum Gasteiger partial charge on any atom is 0.182 e. The predicted molar refractivity (Wildman–Crippen MR) is 120 cm³/mol. The van der Waals surface area contributed by atoms with Crippen LogP contribution in [-0.2, 0) is 0 Å². The van der Waals surface area contributed by atoms with Gasteiger partial charge in [0.2, 0.25) is 0 Å². The number of pyridine rings is 1. The van der Waals surface area contributed by atoms with Crippen molar-refractivity contribution in [2.45, 2.75) is 50.4 Å². The molecule has 3 heteroatoms. The van der Waals surface area contributed by atoms with Crippen LogP contribution in [0.15, 0.2) is 67.1 Å². The van der Waals surface area contributed by atoms with Crippen molar-refractivity contribution in [1.82, 2.24) is 9.38 Å². The Labute approximate surface area is 176 Å². The topological polar surface area (TPSA) is 34.4 Å². The van der Waals surface area contributed by atoms with Gasteiger partial charge in [-0.1, -0.05) is 48.5 Å². The van der Waals surface area contributed by atoms with Crippen molar-refractivity contribution < 1.29 is 4.79 Å². The van der Waals surface area contributed by atoms with Gasteiger partial charge in [0, 0.05) is 5.92 Å². The van der Waals surface area contributed by atoms with E-state index in [1.165, 1.54) is 34.7 Å². The first-order valence-electron chi connectivity index (χ1n) is 11.3. The molecule has 0 atom stereocenters. The van der Waals surface area contributed by atoms with Crippen LogP contribution in [0.1, 0.15) is 72.0 Å². The number of rotatable bonds is 4. The lowest BCUT2D eigenvalue weighted by Crippen LogP contribution is -2.24. The van der Waals surface area contributed by atoms with Crippen LogP contribution in [-0.4, -0.2) is 15.2 Å². The molecule has 0 N–H and O–H groups in total. The molecule has 2 aliphatic carbocycles. The summed E-state index contributed by atoms with van der Waals surface area (Å²) in [5.41, 5.74) is 4.62. The van der Waals surface area contributed by atoms with E-state index in [2.05, 4.69) is 59.6 Å². The monoisotopic (exact) mass is 394 g/mol. The molecule has 150 valence electrons. The molecule has 6 rings (SSSR count). The molecule has 30 heavy (non-hydrogen) atoms. The van der Waals surface area contributed by atoms with Crippen LogP contribution in [0.2, 0.25) is 0 Å². The highest BCUT2D eigenvalue weighted by Crippen LogP contribution is 2.44. The molecular formula is C27H26N2O. The van der Waals surface area contributed by atoms with E-state index in [1.54, 1.807) is 0 Å². The molecule has 2 heterocycles. The van der Waals surface area contributed by atoms with Crippen LogP contribution in [0.3, 0.4) is 0 Å². The molecule has 0 bridgehead atoms. The number of ketones is 1. The number of carbonyl (C=O) groups is 1. The zero-order valence-corrected chi connectivity index (χ0v) is 17.1. The molecule has 4 aromatic rings. The molecule has 0 radical (unpaired) electrons. The van der Waals surface area contributed by atoms with Crippen molar-refractivity contribution in [3.05, 3.63) is 83.9 Å². The summed E-state index contributed by atoms with van der Waals surface area (Å²) < 4.78 is 2.03. The molecule has 0 aliphatic heterocycles. The second kappa shape index (κ2) is 7.09. The van der Waals surface area contributed by atoms with E-state index < -0.39 is 0 Å². The number of Topliss-reactive ketones (excluding diaryl/α,β-unsaturated/α-hetero) is 1. The average molecular weight is 395 g/mol. The third-order valence-electron chi connectivity index (χ3n) is 7.23. The van der Waals surface area contributed by atoms with Gasteiger partial charge in [0.15, 0.2) is 5.78 Å². The fourth-order valence-electron chi connectivity index (χ4n) is 5.46. The smallest absolute Gasteiger partial charge is 0.182 e. The van der Waals surface area contributed by atoms with Crippen LogP contribution in [0.25, 0.3) is 16.3 Å². The summed E-state index contributed by atoms with van der Waals surface area (Å²) in [6.45, 7) is 0. The molecule has 2 aromatic carbocycles. The van der Waals surface area contributed by atoms with Crippen LogP contribution in [0.4, 0.5) is 0 Å². The van der Waals surface area contributed by atoms with Crippen molar-refractivity contribution >= 4 is 22.1 Å². The lowest BCUT2D eigenvalue weighted by Gasteiger charge is -2.29. The molecule has 0 saturated heterocycles. The molecular weight excluding hydrogens is 368 g/mol. The van der Waals surface area contributed by atoms with Gasteiger partial charge in [-0.3, -0.25) is 9.20 Å². The van der Waals surface area contributed by atoms with Crippen LogP contribution >= 0.6 is 0 Å². The normalized spacial score (nSPS) is 21.9. The van der Waals surface area contributed by atoms with Crippen LogP contribution in [0.5, 0.6) is 0 Å². The summed E-state index contributed by atoms with van der Waals surface area (Å²) in [5.74, 6) is 1.56. The van der Waals surface area contributed by atoms with Gasteiger partial charge >= 0.3 is 0 Å². The van der Waals surface area contributed by atoms with Crippen molar-refractivity contribution in [2.24, 2.45) is 5.92 Å². The quantitative estimate of drug-likeness (QED) is 0.369. The molecule has 2 aliphatic rings. The molecule has 2 aromatic heterocycles. The average Bonchev–Trinajstić information content (AvgIpc) is 3.54. The summed E-state index contributed by atoms with van der Waals surface area (Å²) >= 11 is 0. The van der Waals surface area contributed by atoms with E-state index in [1.807, 2.05) is 16.9 Å². The standard InChI is InChI=1S/C27H26N2O/c30-27(26-25(20-8-9-20)15-14-22-16-28-17-29(22)26)21-12-10-19(11-13-21)24-7-3-5-18-4-1-2-6-23(18)24/h1-7,14-17,19-21H,8-13H2. The first-order chi connectivity index (χ1) is 14.8. The maximum absolute atomic E-state index is 13.7. The number of imidazole rings is 1. The fourth-order valence-corrected chi connectivity index (χ4v) is 5.46. The first-order valence-corrected chi connectivity index (χ1v) is 11.3. The fraction of sp³-hybridized carbons (Fsp3) is 0.333. The van der Waals surface area contributed by atoms with Gasteiger partial charge in [0.25, 0.3) is 0 Å². The maximum atomic E-state index is 13.7. The van der Waals surface area contributed by atoms with Gasteiger partial charge < -0.3 is 0 Å². The molecule has 0 amide bonds. The minimum Gasteiger partial charge on any atom is -0.296 e. The van der Waals surface area contributed by atoms with Crippen LogP contribution in [0, 0.1) is 5.92 Å². The van der Waals surface area contributed by atoms with Crippen molar-refractivity contribution in [2.75, 3.05) is 0 Å². The summed E-state index contributed by atoms with van der Waals surface area (Å²) in [4.78, 5) is 18.0. The van der Waals surface area contributed by atoms with E-state index in [9.17, 15) is 4.79 Å².